The summed E-state index contributed by atoms with van der Waals surface area (Å²) in [7, 11) is 0. The topological polar surface area (TPSA) is 45.8 Å². The quantitative estimate of drug-likeness (QED) is 0.792. The number of benzene rings is 1. The second-order valence-electron chi connectivity index (χ2n) is 7.63. The number of thiocarbonyl (C=S) groups is 1. The Morgan fingerprint density at radius 2 is 1.92 bits per heavy atom. The van der Waals surface area contributed by atoms with Crippen LogP contribution in [0, 0.1) is 6.92 Å². The Bertz CT molecular complexity index is 675. The van der Waals surface area contributed by atoms with Gasteiger partial charge in [-0.1, -0.05) is 42.7 Å². The molecule has 1 saturated heterocycles. The van der Waals surface area contributed by atoms with E-state index in [1.54, 1.807) is 0 Å². The monoisotopic (exact) mass is 373 g/mol. The van der Waals surface area contributed by atoms with Gasteiger partial charge in [0.25, 0.3) is 5.17 Å². The number of nitrogens with zero attached hydrogens (tertiary/aromatic N) is 1. The van der Waals surface area contributed by atoms with Crippen LogP contribution < -0.4 is 10.8 Å². The summed E-state index contributed by atoms with van der Waals surface area (Å²) in [5, 5.41) is 5.80. The van der Waals surface area contributed by atoms with Gasteiger partial charge in [0, 0.05) is 19.1 Å². The van der Waals surface area contributed by atoms with E-state index in [0.29, 0.717) is 11.2 Å². The van der Waals surface area contributed by atoms with Gasteiger partial charge < -0.3 is 10.2 Å². The highest BCUT2D eigenvalue weighted by molar-refractivity contribution is 7.80. The van der Waals surface area contributed by atoms with Crippen LogP contribution in [0.15, 0.2) is 30.3 Å². The summed E-state index contributed by atoms with van der Waals surface area (Å²) in [4.78, 5) is 11.8. The molecule has 1 aliphatic carbocycles. The van der Waals surface area contributed by atoms with E-state index >= 15 is 0 Å². The number of piperidine rings is 1. The van der Waals surface area contributed by atoms with E-state index in [0.717, 1.165) is 37.2 Å². The molecule has 2 fully saturated rings. The molecule has 1 aromatic carbocycles. The Kier molecular flexibility index (Phi) is 5.16. The van der Waals surface area contributed by atoms with Gasteiger partial charge in [0.05, 0.1) is 5.70 Å². The summed E-state index contributed by atoms with van der Waals surface area (Å²) in [6.45, 7) is 3.69. The van der Waals surface area contributed by atoms with Crippen LogP contribution in [0.3, 0.4) is 0 Å². The molecule has 4 rings (SSSR count). The summed E-state index contributed by atoms with van der Waals surface area (Å²) in [6, 6.07) is 8.99. The van der Waals surface area contributed by atoms with Crippen LogP contribution in [0.2, 0.25) is 0 Å². The molecular formula is C20H27N3O2S. The standard InChI is InChI=1S/C20H27N3O2S/c1-15-6-8-16(9-7-15)18-14-20(25-22-18)10-12-23(13-11-20)24-19(26)21-17-4-2-3-5-17/h6-9,14,17,22H,2-5,10-13H2,1H3,(H,21,26). The van der Waals surface area contributed by atoms with Gasteiger partial charge in [-0.15, -0.1) is 5.06 Å². The molecule has 0 radical (unpaired) electrons. The number of nitrogens with one attached hydrogen (secondary N) is 2. The third-order valence-corrected chi connectivity index (χ3v) is 5.78. The van der Waals surface area contributed by atoms with Gasteiger partial charge in [0.1, 0.15) is 5.60 Å². The van der Waals surface area contributed by atoms with E-state index in [9.17, 15) is 0 Å². The molecule has 3 aliphatic rings. The predicted octanol–water partition coefficient (Wildman–Crippen LogP) is 3.45. The molecule has 1 saturated carbocycles. The van der Waals surface area contributed by atoms with E-state index in [1.165, 1.54) is 31.2 Å². The Labute approximate surface area is 160 Å². The number of rotatable bonds is 3. The number of hydroxylamine groups is 3. The largest absolute Gasteiger partial charge is 0.376 e. The lowest BCUT2D eigenvalue weighted by Gasteiger charge is -2.35. The minimum atomic E-state index is -0.249. The first-order chi connectivity index (χ1) is 12.6. The highest BCUT2D eigenvalue weighted by Gasteiger charge is 2.39. The third kappa shape index (κ3) is 4.03. The van der Waals surface area contributed by atoms with Crippen molar-refractivity contribution in [3.8, 4) is 0 Å². The lowest BCUT2D eigenvalue weighted by molar-refractivity contribution is -0.144. The highest BCUT2D eigenvalue weighted by atomic mass is 32.1. The second-order valence-corrected chi connectivity index (χ2v) is 8.00. The van der Waals surface area contributed by atoms with Crippen molar-refractivity contribution in [3.05, 3.63) is 41.5 Å². The summed E-state index contributed by atoms with van der Waals surface area (Å²) in [5.41, 5.74) is 6.34. The fourth-order valence-corrected chi connectivity index (χ4v) is 4.21. The molecule has 0 unspecified atom stereocenters. The molecule has 5 nitrogen and oxygen atoms in total. The molecule has 0 bridgehead atoms. The van der Waals surface area contributed by atoms with Gasteiger partial charge in [-0.2, -0.15) is 0 Å². The second kappa shape index (κ2) is 7.55. The summed E-state index contributed by atoms with van der Waals surface area (Å²) < 4.78 is 0. The lowest BCUT2D eigenvalue weighted by atomic mass is 9.91. The zero-order chi connectivity index (χ0) is 18.0. The summed E-state index contributed by atoms with van der Waals surface area (Å²) >= 11 is 5.36. The van der Waals surface area contributed by atoms with E-state index < -0.39 is 0 Å². The molecule has 1 aromatic rings. The van der Waals surface area contributed by atoms with Crippen LogP contribution in [-0.4, -0.2) is 35.0 Å². The number of hydrogen-bond acceptors (Lipinski definition) is 5. The van der Waals surface area contributed by atoms with Crippen LogP contribution in [0.4, 0.5) is 0 Å². The maximum atomic E-state index is 5.97. The zero-order valence-corrected chi connectivity index (χ0v) is 16.1. The van der Waals surface area contributed by atoms with E-state index in [4.69, 9.17) is 21.9 Å². The first-order valence-electron chi connectivity index (χ1n) is 9.59. The Morgan fingerprint density at radius 3 is 2.62 bits per heavy atom. The van der Waals surface area contributed by atoms with Crippen molar-refractivity contribution in [3.63, 3.8) is 0 Å². The van der Waals surface area contributed by atoms with Crippen molar-refractivity contribution in [1.29, 1.82) is 0 Å². The van der Waals surface area contributed by atoms with Gasteiger partial charge in [-0.3, -0.25) is 10.3 Å². The van der Waals surface area contributed by atoms with E-state index in [1.807, 2.05) is 5.06 Å². The van der Waals surface area contributed by atoms with Gasteiger partial charge in [-0.25, -0.2) is 0 Å². The fraction of sp³-hybridized carbons (Fsp3) is 0.550. The van der Waals surface area contributed by atoms with Crippen LogP contribution in [0.25, 0.3) is 5.70 Å². The number of aryl methyl sites for hydroxylation is 1. The van der Waals surface area contributed by atoms with Gasteiger partial charge in [0.2, 0.25) is 0 Å². The minimum absolute atomic E-state index is 0.249. The van der Waals surface area contributed by atoms with Crippen molar-refractivity contribution >= 4 is 23.1 Å². The van der Waals surface area contributed by atoms with Gasteiger partial charge in [0.15, 0.2) is 0 Å². The van der Waals surface area contributed by atoms with Crippen LogP contribution in [0.1, 0.15) is 49.7 Å². The molecule has 2 heterocycles. The lowest BCUT2D eigenvalue weighted by Crippen LogP contribution is -2.47. The maximum Gasteiger partial charge on any atom is 0.278 e. The average molecular weight is 374 g/mol. The summed E-state index contributed by atoms with van der Waals surface area (Å²) in [5.74, 6) is 0. The molecule has 0 amide bonds. The average Bonchev–Trinajstić information content (AvgIpc) is 3.28. The molecule has 1 spiro atoms. The molecule has 2 N–H and O–H groups in total. The van der Waals surface area contributed by atoms with Crippen LogP contribution >= 0.6 is 12.2 Å². The Balaban J connectivity index is 1.30. The van der Waals surface area contributed by atoms with E-state index in [-0.39, 0.29) is 5.60 Å². The molecule has 0 atom stereocenters. The Morgan fingerprint density at radius 1 is 1.23 bits per heavy atom. The predicted molar refractivity (Wildman–Crippen MR) is 106 cm³/mol. The first kappa shape index (κ1) is 17.8. The fourth-order valence-electron chi connectivity index (χ4n) is 3.94. The minimum Gasteiger partial charge on any atom is -0.376 e. The summed E-state index contributed by atoms with van der Waals surface area (Å²) in [6.07, 6.45) is 8.93. The third-order valence-electron chi connectivity index (χ3n) is 5.59. The number of hydrogen-bond donors (Lipinski definition) is 2. The SMILES string of the molecule is Cc1ccc(C2=CC3(CCN(OC(=S)NC4CCCC4)CC3)ON2)cc1. The smallest absolute Gasteiger partial charge is 0.278 e. The highest BCUT2D eigenvalue weighted by Crippen LogP contribution is 2.34. The normalized spacial score (nSPS) is 22.9. The van der Waals surface area contributed by atoms with Crippen molar-refractivity contribution in [2.24, 2.45) is 0 Å². The van der Waals surface area contributed by atoms with E-state index in [2.05, 4.69) is 48.1 Å². The van der Waals surface area contributed by atoms with Crippen LogP contribution in [-0.2, 0) is 9.68 Å². The first-order valence-corrected chi connectivity index (χ1v) is 10.0. The van der Waals surface area contributed by atoms with Crippen LogP contribution in [0.5, 0.6) is 0 Å². The van der Waals surface area contributed by atoms with Crippen molar-refractivity contribution < 1.29 is 9.68 Å². The molecule has 0 aromatic heterocycles. The van der Waals surface area contributed by atoms with Crippen molar-refractivity contribution in [2.75, 3.05) is 13.1 Å². The molecule has 26 heavy (non-hydrogen) atoms. The molecule has 140 valence electrons. The maximum absolute atomic E-state index is 5.97. The van der Waals surface area contributed by atoms with Gasteiger partial charge >= 0.3 is 0 Å². The molecular weight excluding hydrogens is 346 g/mol. The zero-order valence-electron chi connectivity index (χ0n) is 15.3. The molecule has 2 aliphatic heterocycles. The van der Waals surface area contributed by atoms with Gasteiger partial charge in [-0.05, 0) is 56.5 Å². The Hall–Kier alpha value is -1.63. The van der Waals surface area contributed by atoms with Crippen molar-refractivity contribution in [1.82, 2.24) is 15.9 Å². The molecule has 6 heteroatoms. The van der Waals surface area contributed by atoms with Crippen molar-refractivity contribution in [2.45, 2.75) is 57.1 Å².